The number of imidazole rings is 1. The molecule has 0 aliphatic carbocycles. The number of rotatable bonds is 1. The largest absolute Gasteiger partial charge is 0.489 e. The number of aromatic nitrogens is 2. The highest BCUT2D eigenvalue weighted by Gasteiger charge is 2.28. The lowest BCUT2D eigenvalue weighted by Gasteiger charge is -2.22. The molecular formula is C16H15N5O3. The highest BCUT2D eigenvalue weighted by atomic mass is 16.5. The molecule has 1 atom stereocenters. The monoisotopic (exact) mass is 325 g/mol. The molecule has 122 valence electrons. The van der Waals surface area contributed by atoms with Crippen molar-refractivity contribution in [2.75, 3.05) is 18.5 Å². The zero-order chi connectivity index (χ0) is 16.1. The normalized spacial score (nSPS) is 19.3. The standard InChI is InChI=1S/C16H15N5O3/c17-15-19-14(11-3-1-4-22-11)21-10-8-13-12(23-5-2-6-24-13)7-9(10)18-16(21)20-15/h1,3-4,7-8,14H,2,5-6H2,(H3,17,18,19,20). The average Bonchev–Trinajstić information content (AvgIpc) is 3.15. The molecule has 2 aromatic heterocycles. The van der Waals surface area contributed by atoms with E-state index in [1.54, 1.807) is 6.26 Å². The first-order chi connectivity index (χ1) is 11.8. The van der Waals surface area contributed by atoms with Crippen LogP contribution >= 0.6 is 0 Å². The van der Waals surface area contributed by atoms with E-state index in [0.29, 0.717) is 42.4 Å². The van der Waals surface area contributed by atoms with Crippen molar-refractivity contribution in [2.45, 2.75) is 12.6 Å². The maximum Gasteiger partial charge on any atom is 0.212 e. The minimum atomic E-state index is -0.411. The number of fused-ring (bicyclic) bond motifs is 4. The van der Waals surface area contributed by atoms with E-state index < -0.39 is 6.17 Å². The number of nitrogens with two attached hydrogens (primary N) is 1. The fourth-order valence-electron chi connectivity index (χ4n) is 3.05. The van der Waals surface area contributed by atoms with Gasteiger partial charge in [0.05, 0.1) is 30.5 Å². The Bertz CT molecular complexity index is 944. The molecule has 0 saturated heterocycles. The van der Waals surface area contributed by atoms with Crippen LogP contribution in [0.2, 0.25) is 0 Å². The second-order valence-corrected chi connectivity index (χ2v) is 5.67. The third kappa shape index (κ3) is 1.92. The highest BCUT2D eigenvalue weighted by molar-refractivity contribution is 5.95. The summed E-state index contributed by atoms with van der Waals surface area (Å²) in [5, 5.41) is 3.00. The first-order valence-corrected chi connectivity index (χ1v) is 7.75. The van der Waals surface area contributed by atoms with E-state index >= 15 is 0 Å². The van der Waals surface area contributed by atoms with Crippen molar-refractivity contribution in [1.29, 1.82) is 0 Å². The fraction of sp³-hybridized carbons (Fsp3) is 0.250. The number of guanidine groups is 1. The van der Waals surface area contributed by atoms with Crippen LogP contribution in [0.3, 0.4) is 0 Å². The van der Waals surface area contributed by atoms with Crippen LogP contribution in [0, 0.1) is 0 Å². The molecule has 3 aromatic rings. The summed E-state index contributed by atoms with van der Waals surface area (Å²) < 4.78 is 19.0. The lowest BCUT2D eigenvalue weighted by Crippen LogP contribution is -2.31. The summed E-state index contributed by atoms with van der Waals surface area (Å²) in [5.74, 6) is 3.02. The number of ether oxygens (including phenoxy) is 2. The van der Waals surface area contributed by atoms with Crippen molar-refractivity contribution in [3.05, 3.63) is 36.3 Å². The van der Waals surface area contributed by atoms with Gasteiger partial charge in [0.1, 0.15) is 5.76 Å². The van der Waals surface area contributed by atoms with E-state index in [0.717, 1.165) is 17.5 Å². The van der Waals surface area contributed by atoms with Gasteiger partial charge in [-0.2, -0.15) is 0 Å². The Kier molecular flexibility index (Phi) is 2.72. The Balaban J connectivity index is 1.73. The molecule has 2 aliphatic heterocycles. The summed E-state index contributed by atoms with van der Waals surface area (Å²) in [6.45, 7) is 1.26. The van der Waals surface area contributed by atoms with E-state index in [9.17, 15) is 0 Å². The second-order valence-electron chi connectivity index (χ2n) is 5.67. The van der Waals surface area contributed by atoms with Crippen LogP contribution in [-0.2, 0) is 0 Å². The molecule has 0 fully saturated rings. The predicted octanol–water partition coefficient (Wildman–Crippen LogP) is 2.08. The number of benzene rings is 1. The number of aliphatic imine (C=N–C) groups is 1. The van der Waals surface area contributed by atoms with Crippen molar-refractivity contribution in [3.8, 4) is 11.5 Å². The average molecular weight is 325 g/mol. The number of furan rings is 1. The number of anilines is 1. The van der Waals surface area contributed by atoms with Crippen LogP contribution < -0.4 is 20.5 Å². The van der Waals surface area contributed by atoms with Crippen molar-refractivity contribution in [2.24, 2.45) is 10.7 Å². The molecule has 4 heterocycles. The number of nitrogens with one attached hydrogen (secondary N) is 1. The van der Waals surface area contributed by atoms with Gasteiger partial charge in [0, 0.05) is 18.6 Å². The first kappa shape index (κ1) is 13.3. The van der Waals surface area contributed by atoms with Crippen molar-refractivity contribution in [1.82, 2.24) is 9.55 Å². The third-order valence-corrected chi connectivity index (χ3v) is 4.10. The Hall–Kier alpha value is -3.16. The Morgan fingerprint density at radius 2 is 2.04 bits per heavy atom. The van der Waals surface area contributed by atoms with Gasteiger partial charge < -0.3 is 19.6 Å². The molecule has 1 aromatic carbocycles. The zero-order valence-corrected chi connectivity index (χ0v) is 12.7. The van der Waals surface area contributed by atoms with Gasteiger partial charge in [-0.05, 0) is 12.1 Å². The molecule has 8 nitrogen and oxygen atoms in total. The van der Waals surface area contributed by atoms with Gasteiger partial charge >= 0.3 is 0 Å². The summed E-state index contributed by atoms with van der Waals surface area (Å²) in [5.41, 5.74) is 7.56. The molecule has 1 unspecified atom stereocenters. The quantitative estimate of drug-likeness (QED) is 0.710. The van der Waals surface area contributed by atoms with Gasteiger partial charge in [0.2, 0.25) is 5.95 Å². The predicted molar refractivity (Wildman–Crippen MR) is 87.4 cm³/mol. The molecular weight excluding hydrogens is 310 g/mol. The summed E-state index contributed by atoms with van der Waals surface area (Å²) in [7, 11) is 0. The molecule has 0 amide bonds. The van der Waals surface area contributed by atoms with Gasteiger partial charge in [-0.25, -0.2) is 9.98 Å². The second kappa shape index (κ2) is 4.92. The van der Waals surface area contributed by atoms with Gasteiger partial charge in [-0.1, -0.05) is 0 Å². The number of nitrogens with zero attached hydrogens (tertiary/aromatic N) is 3. The molecule has 0 spiro atoms. The molecule has 24 heavy (non-hydrogen) atoms. The number of hydrogen-bond acceptors (Lipinski definition) is 7. The van der Waals surface area contributed by atoms with E-state index in [4.69, 9.17) is 19.6 Å². The van der Waals surface area contributed by atoms with E-state index in [1.807, 2.05) is 28.8 Å². The van der Waals surface area contributed by atoms with Crippen LogP contribution in [0.15, 0.2) is 39.9 Å². The SMILES string of the molecule is NC1=NC(c2ccco2)n2c(nc3cc4c(cc32)OCCCO4)N1. The fourth-order valence-corrected chi connectivity index (χ4v) is 3.05. The molecule has 0 saturated carbocycles. The highest BCUT2D eigenvalue weighted by Crippen LogP contribution is 2.38. The lowest BCUT2D eigenvalue weighted by molar-refractivity contribution is 0.297. The van der Waals surface area contributed by atoms with Crippen LogP contribution in [0.4, 0.5) is 5.95 Å². The van der Waals surface area contributed by atoms with Crippen molar-refractivity contribution < 1.29 is 13.9 Å². The lowest BCUT2D eigenvalue weighted by atomic mass is 10.2. The molecule has 5 rings (SSSR count). The van der Waals surface area contributed by atoms with Crippen LogP contribution in [0.1, 0.15) is 18.3 Å². The van der Waals surface area contributed by atoms with Crippen LogP contribution in [-0.4, -0.2) is 28.7 Å². The molecule has 0 radical (unpaired) electrons. The van der Waals surface area contributed by atoms with Crippen molar-refractivity contribution >= 4 is 22.9 Å². The van der Waals surface area contributed by atoms with Crippen molar-refractivity contribution in [3.63, 3.8) is 0 Å². The summed E-state index contributed by atoms with van der Waals surface area (Å²) in [6, 6.07) is 7.51. The third-order valence-electron chi connectivity index (χ3n) is 4.10. The minimum absolute atomic E-state index is 0.299. The molecule has 2 aliphatic rings. The summed E-state index contributed by atoms with van der Waals surface area (Å²) in [4.78, 5) is 9.08. The smallest absolute Gasteiger partial charge is 0.212 e. The molecule has 8 heteroatoms. The molecule has 0 bridgehead atoms. The van der Waals surface area contributed by atoms with Gasteiger partial charge in [-0.15, -0.1) is 0 Å². The summed E-state index contributed by atoms with van der Waals surface area (Å²) in [6.07, 6.45) is 2.06. The zero-order valence-electron chi connectivity index (χ0n) is 12.7. The molecule has 3 N–H and O–H groups in total. The Labute approximate surface area is 136 Å². The Morgan fingerprint density at radius 3 is 2.83 bits per heavy atom. The van der Waals surface area contributed by atoms with Gasteiger partial charge in [0.15, 0.2) is 23.6 Å². The maximum absolute atomic E-state index is 5.91. The van der Waals surface area contributed by atoms with Gasteiger partial charge in [0.25, 0.3) is 0 Å². The van der Waals surface area contributed by atoms with E-state index in [1.165, 1.54) is 0 Å². The van der Waals surface area contributed by atoms with Gasteiger partial charge in [-0.3, -0.25) is 9.88 Å². The minimum Gasteiger partial charge on any atom is -0.489 e. The topological polar surface area (TPSA) is 99.8 Å². The number of hydrogen-bond donors (Lipinski definition) is 2. The first-order valence-electron chi connectivity index (χ1n) is 7.75. The van der Waals surface area contributed by atoms with E-state index in [2.05, 4.69) is 15.3 Å². The summed E-state index contributed by atoms with van der Waals surface area (Å²) >= 11 is 0. The van der Waals surface area contributed by atoms with E-state index in [-0.39, 0.29) is 0 Å². The van der Waals surface area contributed by atoms with Crippen LogP contribution in [0.25, 0.3) is 11.0 Å². The maximum atomic E-state index is 5.91. The Morgan fingerprint density at radius 1 is 1.21 bits per heavy atom. The van der Waals surface area contributed by atoms with Crippen LogP contribution in [0.5, 0.6) is 11.5 Å².